The Morgan fingerprint density at radius 3 is 2.65 bits per heavy atom. The van der Waals surface area contributed by atoms with Crippen molar-refractivity contribution in [2.24, 2.45) is 0 Å². The third-order valence-corrected chi connectivity index (χ3v) is 3.25. The molecule has 0 radical (unpaired) electrons. The number of hydrogen-bond acceptors (Lipinski definition) is 5. The van der Waals surface area contributed by atoms with Crippen LogP contribution in [-0.4, -0.2) is 33.2 Å². The quantitative estimate of drug-likeness (QED) is 0.772. The second-order valence-corrected chi connectivity index (χ2v) is 5.27. The lowest BCUT2D eigenvalue weighted by Crippen LogP contribution is -2.33. The normalized spacial score (nSPS) is 11.9. The van der Waals surface area contributed by atoms with E-state index in [2.05, 4.69) is 15.5 Å². The number of benzene rings is 1. The molecule has 2 aromatic rings. The molecule has 1 atom stereocenters. The monoisotopic (exact) mass is 317 g/mol. The number of aliphatic carboxylic acids is 1. The lowest BCUT2D eigenvalue weighted by molar-refractivity contribution is -0.137. The molecule has 1 unspecified atom stereocenters. The van der Waals surface area contributed by atoms with E-state index in [1.54, 1.807) is 6.92 Å². The molecule has 122 valence electrons. The van der Waals surface area contributed by atoms with Gasteiger partial charge in [-0.1, -0.05) is 18.2 Å². The Labute approximate surface area is 133 Å². The van der Waals surface area contributed by atoms with Crippen molar-refractivity contribution in [1.82, 2.24) is 15.5 Å². The van der Waals surface area contributed by atoms with E-state index in [4.69, 9.17) is 9.52 Å². The summed E-state index contributed by atoms with van der Waals surface area (Å²) < 4.78 is 5.52. The van der Waals surface area contributed by atoms with Gasteiger partial charge in [-0.2, -0.15) is 0 Å². The van der Waals surface area contributed by atoms with Crippen LogP contribution in [0.3, 0.4) is 0 Å². The Bertz CT molecular complexity index is 654. The van der Waals surface area contributed by atoms with Gasteiger partial charge in [0, 0.05) is 30.9 Å². The van der Waals surface area contributed by atoms with Crippen LogP contribution in [0.4, 0.5) is 0 Å². The maximum atomic E-state index is 11.8. The summed E-state index contributed by atoms with van der Waals surface area (Å²) in [6, 6.07) is 9.22. The van der Waals surface area contributed by atoms with Crippen molar-refractivity contribution in [3.63, 3.8) is 0 Å². The molecule has 1 aromatic carbocycles. The van der Waals surface area contributed by atoms with Crippen LogP contribution >= 0.6 is 0 Å². The Morgan fingerprint density at radius 2 is 1.96 bits per heavy atom. The number of nitrogens with zero attached hydrogens (tertiary/aromatic N) is 2. The van der Waals surface area contributed by atoms with Gasteiger partial charge in [0.15, 0.2) is 0 Å². The van der Waals surface area contributed by atoms with Crippen molar-refractivity contribution in [3.05, 3.63) is 36.2 Å². The van der Waals surface area contributed by atoms with Gasteiger partial charge < -0.3 is 14.8 Å². The van der Waals surface area contributed by atoms with Crippen LogP contribution in [0, 0.1) is 0 Å². The summed E-state index contributed by atoms with van der Waals surface area (Å²) in [5.74, 6) is -0.208. The molecule has 0 fully saturated rings. The molecule has 0 aliphatic carbocycles. The summed E-state index contributed by atoms with van der Waals surface area (Å²) >= 11 is 0. The lowest BCUT2D eigenvalue weighted by Gasteiger charge is -2.11. The maximum absolute atomic E-state index is 11.8. The topological polar surface area (TPSA) is 105 Å². The van der Waals surface area contributed by atoms with E-state index in [0.29, 0.717) is 24.6 Å². The Morgan fingerprint density at radius 1 is 1.22 bits per heavy atom. The highest BCUT2D eigenvalue weighted by Gasteiger charge is 2.12. The number of carbonyl (C=O) groups excluding carboxylic acids is 1. The van der Waals surface area contributed by atoms with Crippen molar-refractivity contribution < 1.29 is 19.1 Å². The summed E-state index contributed by atoms with van der Waals surface area (Å²) in [4.78, 5) is 22.3. The van der Waals surface area contributed by atoms with Crippen molar-refractivity contribution in [2.45, 2.75) is 38.6 Å². The molecule has 1 aromatic heterocycles. The molecule has 1 heterocycles. The fourth-order valence-electron chi connectivity index (χ4n) is 2.03. The van der Waals surface area contributed by atoms with Crippen LogP contribution in [0.15, 0.2) is 34.7 Å². The van der Waals surface area contributed by atoms with E-state index in [1.165, 1.54) is 0 Å². The molecular formula is C16H19N3O4. The predicted octanol–water partition coefficient (Wildman–Crippen LogP) is 2.04. The van der Waals surface area contributed by atoms with Gasteiger partial charge in [-0.25, -0.2) is 0 Å². The highest BCUT2D eigenvalue weighted by molar-refractivity contribution is 5.76. The Kier molecular flexibility index (Phi) is 5.85. The van der Waals surface area contributed by atoms with Gasteiger partial charge in [0.05, 0.1) is 0 Å². The number of nitrogens with one attached hydrogen (secondary N) is 1. The third kappa shape index (κ3) is 5.54. The molecule has 7 heteroatoms. The number of hydrogen-bond donors (Lipinski definition) is 2. The van der Waals surface area contributed by atoms with Crippen LogP contribution in [0.1, 0.15) is 32.1 Å². The molecule has 0 saturated heterocycles. The molecular weight excluding hydrogens is 298 g/mol. The Hall–Kier alpha value is -2.70. The molecule has 0 bridgehead atoms. The van der Waals surface area contributed by atoms with Gasteiger partial charge in [0.1, 0.15) is 0 Å². The first-order chi connectivity index (χ1) is 11.0. The highest BCUT2D eigenvalue weighted by atomic mass is 16.4. The van der Waals surface area contributed by atoms with Gasteiger partial charge in [-0.15, -0.1) is 10.2 Å². The number of aromatic nitrogens is 2. The van der Waals surface area contributed by atoms with Crippen molar-refractivity contribution >= 4 is 11.9 Å². The van der Waals surface area contributed by atoms with E-state index < -0.39 is 5.97 Å². The lowest BCUT2D eigenvalue weighted by atomic mass is 10.1. The molecule has 0 spiro atoms. The molecule has 0 aliphatic heterocycles. The second kappa shape index (κ2) is 8.07. The third-order valence-electron chi connectivity index (χ3n) is 3.25. The average molecular weight is 317 g/mol. The van der Waals surface area contributed by atoms with Gasteiger partial charge in [-0.05, 0) is 25.5 Å². The zero-order valence-corrected chi connectivity index (χ0v) is 12.9. The van der Waals surface area contributed by atoms with Crippen LogP contribution in [0.2, 0.25) is 0 Å². The minimum absolute atomic E-state index is 0.0333. The van der Waals surface area contributed by atoms with Crippen molar-refractivity contribution in [1.29, 1.82) is 0 Å². The molecule has 7 nitrogen and oxygen atoms in total. The number of rotatable bonds is 8. The molecule has 0 aliphatic rings. The van der Waals surface area contributed by atoms with Crippen LogP contribution in [0.25, 0.3) is 11.5 Å². The van der Waals surface area contributed by atoms with Crippen molar-refractivity contribution in [2.75, 3.05) is 0 Å². The molecule has 1 amide bonds. The molecule has 2 N–H and O–H groups in total. The first kappa shape index (κ1) is 16.7. The van der Waals surface area contributed by atoms with Gasteiger partial charge in [0.25, 0.3) is 0 Å². The van der Waals surface area contributed by atoms with E-state index >= 15 is 0 Å². The van der Waals surface area contributed by atoms with Crippen molar-refractivity contribution in [3.8, 4) is 11.5 Å². The highest BCUT2D eigenvalue weighted by Crippen LogP contribution is 2.17. The van der Waals surface area contributed by atoms with Crippen LogP contribution < -0.4 is 5.32 Å². The fraction of sp³-hybridized carbons (Fsp3) is 0.375. The minimum atomic E-state index is -0.870. The number of amides is 1. The Balaban J connectivity index is 1.79. The van der Waals surface area contributed by atoms with E-state index in [-0.39, 0.29) is 24.8 Å². The number of carboxylic acids is 1. The smallest absolute Gasteiger partial charge is 0.303 e. The summed E-state index contributed by atoms with van der Waals surface area (Å²) in [5, 5.41) is 19.2. The first-order valence-electron chi connectivity index (χ1n) is 7.43. The second-order valence-electron chi connectivity index (χ2n) is 5.27. The molecule has 0 saturated carbocycles. The van der Waals surface area contributed by atoms with Crippen LogP contribution in [-0.2, 0) is 16.0 Å². The standard InChI is InChI=1S/C16H19N3O4/c1-11(7-10-15(21)22)17-13(20)8-9-14-18-19-16(23-14)12-5-3-2-4-6-12/h2-6,11H,7-10H2,1H3,(H,17,20)(H,21,22). The largest absolute Gasteiger partial charge is 0.481 e. The number of aryl methyl sites for hydroxylation is 1. The summed E-state index contributed by atoms with van der Waals surface area (Å²) in [6.07, 6.45) is 0.997. The van der Waals surface area contributed by atoms with E-state index in [1.807, 2.05) is 30.3 Å². The predicted molar refractivity (Wildman–Crippen MR) is 82.5 cm³/mol. The minimum Gasteiger partial charge on any atom is -0.481 e. The number of carbonyl (C=O) groups is 2. The first-order valence-corrected chi connectivity index (χ1v) is 7.43. The van der Waals surface area contributed by atoms with E-state index in [0.717, 1.165) is 5.56 Å². The molecule has 2 rings (SSSR count). The average Bonchev–Trinajstić information content (AvgIpc) is 3.01. The SMILES string of the molecule is CC(CCC(=O)O)NC(=O)CCc1nnc(-c2ccccc2)o1. The van der Waals surface area contributed by atoms with Gasteiger partial charge >= 0.3 is 5.97 Å². The summed E-state index contributed by atoms with van der Waals surface area (Å²) in [6.45, 7) is 1.78. The van der Waals surface area contributed by atoms with Gasteiger partial charge in [0.2, 0.25) is 17.7 Å². The summed E-state index contributed by atoms with van der Waals surface area (Å²) in [7, 11) is 0. The number of carboxylic acid groups (broad SMARTS) is 1. The zero-order chi connectivity index (χ0) is 16.7. The molecule has 23 heavy (non-hydrogen) atoms. The fourth-order valence-corrected chi connectivity index (χ4v) is 2.03. The zero-order valence-electron chi connectivity index (χ0n) is 12.9. The van der Waals surface area contributed by atoms with Gasteiger partial charge in [-0.3, -0.25) is 9.59 Å². The van der Waals surface area contributed by atoms with Crippen LogP contribution in [0.5, 0.6) is 0 Å². The van der Waals surface area contributed by atoms with E-state index in [9.17, 15) is 9.59 Å². The summed E-state index contributed by atoms with van der Waals surface area (Å²) in [5.41, 5.74) is 0.831. The maximum Gasteiger partial charge on any atom is 0.303 e.